The number of carboxylic acids is 1. The zero-order valence-corrected chi connectivity index (χ0v) is 39.5. The molecule has 6 aromatic rings. The Kier molecular flexibility index (Phi) is 12.6. The van der Waals surface area contributed by atoms with Gasteiger partial charge in [0.1, 0.15) is 5.54 Å². The van der Waals surface area contributed by atoms with Gasteiger partial charge in [-0.15, -0.1) is 22.7 Å². The number of aliphatic hydroxyl groups is 1. The molecule has 12 nitrogen and oxygen atoms in total. The topological polar surface area (TPSA) is 153 Å². The number of likely N-dealkylation sites (tertiary alicyclic amines) is 1. The number of thiazole rings is 1. The number of amides is 2. The lowest BCUT2D eigenvalue weighted by Gasteiger charge is -2.34. The van der Waals surface area contributed by atoms with Crippen molar-refractivity contribution >= 4 is 79.0 Å². The number of thiophene rings is 1. The minimum atomic E-state index is -1.04. The van der Waals surface area contributed by atoms with Crippen molar-refractivity contribution < 1.29 is 24.6 Å². The Labute approximate surface area is 393 Å². The summed E-state index contributed by atoms with van der Waals surface area (Å²) >= 11 is 3.27. The van der Waals surface area contributed by atoms with Crippen LogP contribution in [0.3, 0.4) is 0 Å². The van der Waals surface area contributed by atoms with E-state index in [0.29, 0.717) is 40.8 Å². The zero-order valence-electron chi connectivity index (χ0n) is 37.9. The smallest absolute Gasteiger partial charge is 0.328 e. The summed E-state index contributed by atoms with van der Waals surface area (Å²) < 4.78 is 3.68. The number of carbonyl (C=O) groups is 3. The molecule has 10 rings (SSSR count). The van der Waals surface area contributed by atoms with E-state index in [-0.39, 0.29) is 18.4 Å². The lowest BCUT2D eigenvalue weighted by molar-refractivity contribution is -0.131. The fourth-order valence-corrected chi connectivity index (χ4v) is 13.2. The fraction of sp³-hybridized carbons (Fsp3) is 0.442. The van der Waals surface area contributed by atoms with Crippen molar-refractivity contribution in [3.05, 3.63) is 87.4 Å². The molecule has 4 N–H and O–H groups in total. The van der Waals surface area contributed by atoms with Crippen LogP contribution in [0.5, 0.6) is 0 Å². The first-order chi connectivity index (χ1) is 32.1. The number of piperidine rings is 1. The van der Waals surface area contributed by atoms with E-state index in [1.165, 1.54) is 52.5 Å². The highest BCUT2D eigenvalue weighted by Crippen LogP contribution is 2.51. The summed E-state index contributed by atoms with van der Waals surface area (Å²) in [5, 5.41) is 27.4. The van der Waals surface area contributed by atoms with E-state index in [1.54, 1.807) is 46.9 Å². The Bertz CT molecular complexity index is 2820. The standard InChI is InChI=1S/C52H59N7O5S2/c1-32-48(65-33(2)53-32)41-18-15-38-40(55-41)17-16-39-46(38)58(27-26-57-24-20-35(31-60)21-25-57)28-29-59-42-30-43(66-49(42)45(47(39)59)36-8-4-3-5-9-36)50(63)56-52(22-6-7-23-52)51(64)54-37-13-10-34(11-14-37)12-19-44(61)62/h10-19,30,35-36,60H,3-9,20-29,31H2,1-2H3,(H,54,64)(H,56,63)(H,61,62)/b19-12+. The maximum atomic E-state index is 14.6. The molecule has 66 heavy (non-hydrogen) atoms. The van der Waals surface area contributed by atoms with Gasteiger partial charge in [-0.2, -0.15) is 0 Å². The number of pyridine rings is 1. The highest BCUT2D eigenvalue weighted by Gasteiger charge is 2.43. The number of rotatable bonds is 12. The van der Waals surface area contributed by atoms with Crippen LogP contribution in [0.25, 0.3) is 49.0 Å². The number of nitrogens with one attached hydrogen (secondary N) is 2. The molecule has 1 saturated heterocycles. The van der Waals surface area contributed by atoms with Gasteiger partial charge in [-0.3, -0.25) is 9.59 Å². The maximum absolute atomic E-state index is 14.6. The lowest BCUT2D eigenvalue weighted by Crippen LogP contribution is -2.54. The Hall–Kier alpha value is -5.41. The molecule has 4 aromatic heterocycles. The van der Waals surface area contributed by atoms with Gasteiger partial charge >= 0.3 is 5.97 Å². The Morgan fingerprint density at radius 3 is 2.35 bits per heavy atom. The summed E-state index contributed by atoms with van der Waals surface area (Å²) in [5.74, 6) is -0.717. The summed E-state index contributed by atoms with van der Waals surface area (Å²) in [6, 6.07) is 18.1. The van der Waals surface area contributed by atoms with E-state index in [2.05, 4.69) is 62.3 Å². The first kappa shape index (κ1) is 44.4. The van der Waals surface area contributed by atoms with Crippen LogP contribution in [0.1, 0.15) is 108 Å². The van der Waals surface area contributed by atoms with Gasteiger partial charge in [0.15, 0.2) is 0 Å². The molecule has 344 valence electrons. The molecule has 0 spiro atoms. The molecular formula is C52H59N7O5S2. The largest absolute Gasteiger partial charge is 0.478 e. The lowest BCUT2D eigenvalue weighted by atomic mass is 9.82. The number of carbonyl (C=O) groups excluding carboxylic acids is 2. The molecule has 2 aromatic carbocycles. The average Bonchev–Trinajstić information content (AvgIpc) is 4.11. The minimum Gasteiger partial charge on any atom is -0.478 e. The van der Waals surface area contributed by atoms with Crippen molar-refractivity contribution in [2.75, 3.05) is 49.5 Å². The first-order valence-electron chi connectivity index (χ1n) is 23.8. The van der Waals surface area contributed by atoms with Crippen LogP contribution in [0.4, 0.5) is 11.4 Å². The van der Waals surface area contributed by atoms with Gasteiger partial charge in [-0.25, -0.2) is 14.8 Å². The van der Waals surface area contributed by atoms with Gasteiger partial charge < -0.3 is 35.2 Å². The molecule has 3 fully saturated rings. The number of fused-ring (bicyclic) bond motifs is 7. The third kappa shape index (κ3) is 8.68. The van der Waals surface area contributed by atoms with Gasteiger partial charge in [0, 0.05) is 55.5 Å². The summed E-state index contributed by atoms with van der Waals surface area (Å²) in [6.45, 7) is 9.73. The molecule has 6 heterocycles. The first-order valence-corrected chi connectivity index (χ1v) is 25.5. The highest BCUT2D eigenvalue weighted by atomic mass is 32.1. The number of nitrogens with zero attached hydrogens (tertiary/aromatic N) is 5. The molecule has 2 aliphatic heterocycles. The van der Waals surface area contributed by atoms with Crippen LogP contribution in [-0.4, -0.2) is 92.3 Å². The van der Waals surface area contributed by atoms with E-state index in [1.807, 2.05) is 6.92 Å². The Morgan fingerprint density at radius 1 is 0.864 bits per heavy atom. The van der Waals surface area contributed by atoms with Crippen molar-refractivity contribution in [2.45, 2.75) is 102 Å². The monoisotopic (exact) mass is 925 g/mol. The van der Waals surface area contributed by atoms with Gasteiger partial charge in [-0.1, -0.05) is 44.2 Å². The van der Waals surface area contributed by atoms with E-state index >= 15 is 0 Å². The number of aryl methyl sites for hydroxylation is 2. The Balaban J connectivity index is 1.01. The van der Waals surface area contributed by atoms with Crippen molar-refractivity contribution in [1.29, 1.82) is 0 Å². The zero-order chi connectivity index (χ0) is 45.5. The quantitative estimate of drug-likeness (QED) is 0.0879. The number of anilines is 2. The van der Waals surface area contributed by atoms with E-state index in [0.717, 1.165) is 122 Å². The Morgan fingerprint density at radius 2 is 1.64 bits per heavy atom. The maximum Gasteiger partial charge on any atom is 0.328 e. The highest BCUT2D eigenvalue weighted by molar-refractivity contribution is 7.21. The number of hydrogen-bond donors (Lipinski definition) is 4. The molecule has 0 bridgehead atoms. The number of aliphatic carboxylic acids is 1. The molecule has 2 saturated carbocycles. The van der Waals surface area contributed by atoms with Gasteiger partial charge in [0.25, 0.3) is 5.91 Å². The minimum absolute atomic E-state index is 0.216. The normalized spacial score (nSPS) is 18.2. The van der Waals surface area contributed by atoms with Gasteiger partial charge in [-0.05, 0) is 137 Å². The van der Waals surface area contributed by atoms with Gasteiger partial charge in [0.05, 0.1) is 53.3 Å². The predicted octanol–water partition coefficient (Wildman–Crippen LogP) is 10.0. The molecule has 4 aliphatic rings. The van der Waals surface area contributed by atoms with Crippen molar-refractivity contribution in [3.8, 4) is 21.8 Å². The second-order valence-corrected chi connectivity index (χ2v) is 21.1. The number of aliphatic hydroxyl groups excluding tert-OH is 1. The van der Waals surface area contributed by atoms with Crippen LogP contribution in [0.2, 0.25) is 0 Å². The van der Waals surface area contributed by atoms with Crippen molar-refractivity contribution in [3.63, 3.8) is 0 Å². The van der Waals surface area contributed by atoms with Crippen LogP contribution in [-0.2, 0) is 16.1 Å². The molecule has 0 atom stereocenters. The number of aromatic nitrogens is 3. The second-order valence-electron chi connectivity index (χ2n) is 18.9. The molecule has 0 radical (unpaired) electrons. The van der Waals surface area contributed by atoms with E-state index in [4.69, 9.17) is 15.1 Å². The average molecular weight is 926 g/mol. The van der Waals surface area contributed by atoms with Crippen molar-refractivity contribution in [1.82, 2.24) is 24.8 Å². The molecule has 0 unspecified atom stereocenters. The summed E-state index contributed by atoms with van der Waals surface area (Å²) in [7, 11) is 0. The van der Waals surface area contributed by atoms with Crippen LogP contribution < -0.4 is 15.5 Å². The predicted molar refractivity (Wildman–Crippen MR) is 266 cm³/mol. The van der Waals surface area contributed by atoms with Crippen LogP contribution in [0.15, 0.2) is 60.7 Å². The molecule has 2 aliphatic carbocycles. The third-order valence-electron chi connectivity index (χ3n) is 14.6. The third-order valence-corrected chi connectivity index (χ3v) is 16.9. The second kappa shape index (κ2) is 18.7. The van der Waals surface area contributed by atoms with Crippen LogP contribution >= 0.6 is 22.7 Å². The molecule has 2 amide bonds. The number of benzene rings is 2. The number of hydrogen-bond acceptors (Lipinski definition) is 10. The van der Waals surface area contributed by atoms with E-state index < -0.39 is 11.5 Å². The molecular weight excluding hydrogens is 867 g/mol. The van der Waals surface area contributed by atoms with Crippen LogP contribution in [0, 0.1) is 19.8 Å². The van der Waals surface area contributed by atoms with Crippen molar-refractivity contribution in [2.24, 2.45) is 5.92 Å². The summed E-state index contributed by atoms with van der Waals surface area (Å²) in [6.07, 6.45) is 13.3. The van der Waals surface area contributed by atoms with Gasteiger partial charge in [0.2, 0.25) is 5.91 Å². The molecule has 14 heteroatoms. The summed E-state index contributed by atoms with van der Waals surface area (Å²) in [5.41, 5.74) is 9.37. The van der Waals surface area contributed by atoms with E-state index in [9.17, 15) is 19.5 Å². The fourth-order valence-electron chi connectivity index (χ4n) is 11.1. The summed E-state index contributed by atoms with van der Waals surface area (Å²) in [4.78, 5) is 56.6. The number of carboxylic acid groups (broad SMARTS) is 1. The SMILES string of the molecule is Cc1nc(C)c(-c2ccc3c4c(ccc3n2)-c2c(C3CCCCC3)c3sc(C(=O)NC5(C(=O)Nc6ccc(/C=C/C(=O)O)cc6)CCCC5)cc3n2CCN4CCN2CCC(CO)CC2)s1.